The molecule has 1 aromatic heterocycles. The number of benzene rings is 1. The van der Waals surface area contributed by atoms with Crippen molar-refractivity contribution in [3.8, 4) is 0 Å². The van der Waals surface area contributed by atoms with E-state index in [1.54, 1.807) is 0 Å². The second-order valence-electron chi connectivity index (χ2n) is 4.89. The van der Waals surface area contributed by atoms with Crippen molar-refractivity contribution in [2.45, 2.75) is 13.3 Å². The third-order valence-corrected chi connectivity index (χ3v) is 3.40. The van der Waals surface area contributed by atoms with Crippen LogP contribution in [-0.4, -0.2) is 25.0 Å². The highest BCUT2D eigenvalue weighted by atomic mass is 16.3. The average Bonchev–Trinajstić information content (AvgIpc) is 2.72. The molecule has 0 atom stereocenters. The molecule has 2 heteroatoms. The van der Waals surface area contributed by atoms with Crippen LogP contribution in [0.5, 0.6) is 0 Å². The summed E-state index contributed by atoms with van der Waals surface area (Å²) in [6.07, 6.45) is 3.35. The number of fused-ring (bicyclic) bond motifs is 1. The van der Waals surface area contributed by atoms with Crippen LogP contribution in [0.2, 0.25) is 0 Å². The molecule has 0 bridgehead atoms. The van der Waals surface area contributed by atoms with E-state index >= 15 is 0 Å². The molecular weight excluding hydrogens is 210 g/mol. The normalized spacial score (nSPS) is 17.4. The number of aryl methyl sites for hydroxylation is 1. The van der Waals surface area contributed by atoms with Crippen molar-refractivity contribution >= 4 is 16.5 Å². The van der Waals surface area contributed by atoms with Crippen LogP contribution in [0.1, 0.15) is 17.7 Å². The zero-order valence-electron chi connectivity index (χ0n) is 10.4. The van der Waals surface area contributed by atoms with Crippen LogP contribution in [-0.2, 0) is 0 Å². The van der Waals surface area contributed by atoms with E-state index in [9.17, 15) is 0 Å². The van der Waals surface area contributed by atoms with Gasteiger partial charge in [0.25, 0.3) is 0 Å². The molecule has 3 rings (SSSR count). The van der Waals surface area contributed by atoms with E-state index in [1.165, 1.54) is 16.5 Å². The third-order valence-electron chi connectivity index (χ3n) is 3.40. The monoisotopic (exact) mass is 227 g/mol. The Labute approximate surface area is 102 Å². The van der Waals surface area contributed by atoms with E-state index in [0.29, 0.717) is 0 Å². The lowest BCUT2D eigenvalue weighted by molar-refractivity contribution is 0.368. The maximum atomic E-state index is 5.91. The minimum absolute atomic E-state index is 0.991. The highest BCUT2D eigenvalue weighted by molar-refractivity contribution is 5.82. The van der Waals surface area contributed by atoms with Gasteiger partial charge in [-0.25, -0.2) is 0 Å². The first-order chi connectivity index (χ1) is 8.22. The standard InChI is InChI=1S/C15H17NO/c1-11-3-4-14-13(9-11)10-15(17-14)12-5-7-16(2)8-6-12/h3-5,9-10H,6-8H2,1-2H3. The SMILES string of the molecule is Cc1ccc2oc(C3=CCN(C)CC3)cc2c1. The Bertz CT molecular complexity index is 580. The van der Waals surface area contributed by atoms with Gasteiger partial charge in [0, 0.05) is 18.5 Å². The van der Waals surface area contributed by atoms with Gasteiger partial charge in [-0.2, -0.15) is 0 Å². The van der Waals surface area contributed by atoms with Crippen molar-refractivity contribution in [1.82, 2.24) is 4.90 Å². The highest BCUT2D eigenvalue weighted by Crippen LogP contribution is 2.28. The Morgan fingerprint density at radius 2 is 2.12 bits per heavy atom. The number of nitrogens with zero attached hydrogens (tertiary/aromatic N) is 1. The van der Waals surface area contributed by atoms with E-state index < -0.39 is 0 Å². The summed E-state index contributed by atoms with van der Waals surface area (Å²) in [6, 6.07) is 8.50. The summed E-state index contributed by atoms with van der Waals surface area (Å²) in [5.74, 6) is 1.04. The number of hydrogen-bond acceptors (Lipinski definition) is 2. The number of likely N-dealkylation sites (N-methyl/N-ethyl adjacent to an activating group) is 1. The largest absolute Gasteiger partial charge is 0.456 e. The minimum atomic E-state index is 0.991. The Kier molecular flexibility index (Phi) is 2.52. The van der Waals surface area contributed by atoms with Crippen LogP contribution in [0, 0.1) is 6.92 Å². The van der Waals surface area contributed by atoms with Crippen molar-refractivity contribution in [2.24, 2.45) is 0 Å². The number of furan rings is 1. The zero-order chi connectivity index (χ0) is 11.8. The first-order valence-corrected chi connectivity index (χ1v) is 6.10. The number of rotatable bonds is 1. The summed E-state index contributed by atoms with van der Waals surface area (Å²) in [5, 5.41) is 1.21. The molecule has 0 saturated carbocycles. The number of hydrogen-bond donors (Lipinski definition) is 0. The van der Waals surface area contributed by atoms with Crippen molar-refractivity contribution in [1.29, 1.82) is 0 Å². The van der Waals surface area contributed by atoms with Crippen molar-refractivity contribution < 1.29 is 4.42 Å². The molecule has 2 heterocycles. The lowest BCUT2D eigenvalue weighted by Crippen LogP contribution is -2.23. The van der Waals surface area contributed by atoms with Crippen LogP contribution in [0.4, 0.5) is 0 Å². The topological polar surface area (TPSA) is 16.4 Å². The Morgan fingerprint density at radius 1 is 1.24 bits per heavy atom. The van der Waals surface area contributed by atoms with Crippen LogP contribution >= 0.6 is 0 Å². The highest BCUT2D eigenvalue weighted by Gasteiger charge is 2.13. The smallest absolute Gasteiger partial charge is 0.134 e. The van der Waals surface area contributed by atoms with Crippen LogP contribution in [0.3, 0.4) is 0 Å². The molecule has 0 N–H and O–H groups in total. The average molecular weight is 227 g/mol. The van der Waals surface area contributed by atoms with E-state index in [2.05, 4.69) is 49.2 Å². The molecule has 0 unspecified atom stereocenters. The summed E-state index contributed by atoms with van der Waals surface area (Å²) in [5.41, 5.74) is 3.62. The summed E-state index contributed by atoms with van der Waals surface area (Å²) >= 11 is 0. The lowest BCUT2D eigenvalue weighted by Gasteiger charge is -2.20. The van der Waals surface area contributed by atoms with Crippen molar-refractivity contribution in [2.75, 3.05) is 20.1 Å². The summed E-state index contributed by atoms with van der Waals surface area (Å²) in [4.78, 5) is 2.32. The Balaban J connectivity index is 2.01. The molecule has 1 aromatic carbocycles. The molecule has 0 amide bonds. The van der Waals surface area contributed by atoms with E-state index in [0.717, 1.165) is 30.9 Å². The van der Waals surface area contributed by atoms with Gasteiger partial charge in [0.1, 0.15) is 11.3 Å². The fourth-order valence-electron chi connectivity index (χ4n) is 2.32. The first-order valence-electron chi connectivity index (χ1n) is 6.10. The second kappa shape index (κ2) is 4.04. The minimum Gasteiger partial charge on any atom is -0.456 e. The Morgan fingerprint density at radius 3 is 2.88 bits per heavy atom. The fourth-order valence-corrected chi connectivity index (χ4v) is 2.32. The molecule has 0 saturated heterocycles. The van der Waals surface area contributed by atoms with Gasteiger partial charge in [-0.05, 0) is 44.2 Å². The van der Waals surface area contributed by atoms with Gasteiger partial charge in [-0.3, -0.25) is 0 Å². The molecule has 1 aliphatic heterocycles. The van der Waals surface area contributed by atoms with Crippen LogP contribution in [0.25, 0.3) is 16.5 Å². The second-order valence-corrected chi connectivity index (χ2v) is 4.89. The molecule has 2 nitrogen and oxygen atoms in total. The van der Waals surface area contributed by atoms with Gasteiger partial charge in [0.2, 0.25) is 0 Å². The molecular formula is C15H17NO. The molecule has 2 aromatic rings. The van der Waals surface area contributed by atoms with Gasteiger partial charge >= 0.3 is 0 Å². The first kappa shape index (κ1) is 10.6. The summed E-state index contributed by atoms with van der Waals surface area (Å²) < 4.78 is 5.91. The van der Waals surface area contributed by atoms with Gasteiger partial charge in [-0.15, -0.1) is 0 Å². The van der Waals surface area contributed by atoms with Gasteiger partial charge in [0.05, 0.1) is 0 Å². The van der Waals surface area contributed by atoms with E-state index in [4.69, 9.17) is 4.42 Å². The molecule has 0 radical (unpaired) electrons. The van der Waals surface area contributed by atoms with Crippen molar-refractivity contribution in [3.63, 3.8) is 0 Å². The summed E-state index contributed by atoms with van der Waals surface area (Å²) in [6.45, 7) is 4.24. The molecule has 1 aliphatic rings. The fraction of sp³-hybridized carbons (Fsp3) is 0.333. The molecule has 17 heavy (non-hydrogen) atoms. The summed E-state index contributed by atoms with van der Waals surface area (Å²) in [7, 11) is 2.15. The Hall–Kier alpha value is -1.54. The predicted molar refractivity (Wildman–Crippen MR) is 71.0 cm³/mol. The maximum Gasteiger partial charge on any atom is 0.134 e. The van der Waals surface area contributed by atoms with Gasteiger partial charge < -0.3 is 9.32 Å². The predicted octanol–water partition coefficient (Wildman–Crippen LogP) is 3.46. The van der Waals surface area contributed by atoms with E-state index in [1.807, 2.05) is 0 Å². The maximum absolute atomic E-state index is 5.91. The zero-order valence-corrected chi connectivity index (χ0v) is 10.4. The van der Waals surface area contributed by atoms with Gasteiger partial charge in [0.15, 0.2) is 0 Å². The lowest BCUT2D eigenvalue weighted by atomic mass is 10.1. The van der Waals surface area contributed by atoms with Gasteiger partial charge in [-0.1, -0.05) is 17.7 Å². The third kappa shape index (κ3) is 2.01. The molecule has 0 fully saturated rings. The van der Waals surface area contributed by atoms with E-state index in [-0.39, 0.29) is 0 Å². The van der Waals surface area contributed by atoms with Crippen molar-refractivity contribution in [3.05, 3.63) is 41.7 Å². The van der Waals surface area contributed by atoms with Crippen LogP contribution < -0.4 is 0 Å². The van der Waals surface area contributed by atoms with Crippen LogP contribution in [0.15, 0.2) is 34.8 Å². The quantitative estimate of drug-likeness (QED) is 0.741. The molecule has 0 spiro atoms. The molecule has 88 valence electrons. The molecule has 0 aliphatic carbocycles.